The molecule has 1 N–H and O–H groups in total. The monoisotopic (exact) mass is 297 g/mol. The number of benzene rings is 2. The molecule has 0 aliphatic heterocycles. The largest absolute Gasteiger partial charge is 0.493 e. The maximum Gasteiger partial charge on any atom is 0.255 e. The predicted molar refractivity (Wildman–Crippen MR) is 89.3 cm³/mol. The summed E-state index contributed by atoms with van der Waals surface area (Å²) in [5, 5.41) is 3.05. The summed E-state index contributed by atoms with van der Waals surface area (Å²) in [7, 11) is 0. The Kier molecular flexibility index (Phi) is 6.01. The summed E-state index contributed by atoms with van der Waals surface area (Å²) in [4.78, 5) is 12.4. The number of ether oxygens (including phenoxy) is 1. The topological polar surface area (TPSA) is 38.3 Å². The SMILES string of the molecule is CCOc1ccccc1C(=O)N[C@H](C)CCc1ccccc1. The zero-order valence-electron chi connectivity index (χ0n) is 13.2. The molecule has 22 heavy (non-hydrogen) atoms. The van der Waals surface area contributed by atoms with Crippen molar-refractivity contribution in [2.45, 2.75) is 32.7 Å². The van der Waals surface area contributed by atoms with Gasteiger partial charge in [-0.1, -0.05) is 42.5 Å². The fraction of sp³-hybridized carbons (Fsp3) is 0.316. The second kappa shape index (κ2) is 8.23. The van der Waals surface area contributed by atoms with Crippen LogP contribution in [0.1, 0.15) is 36.2 Å². The highest BCUT2D eigenvalue weighted by atomic mass is 16.5. The Balaban J connectivity index is 1.91. The van der Waals surface area contributed by atoms with Gasteiger partial charge in [0.1, 0.15) is 5.75 Å². The lowest BCUT2D eigenvalue weighted by Crippen LogP contribution is -2.33. The van der Waals surface area contributed by atoms with Gasteiger partial charge in [0.25, 0.3) is 5.91 Å². The lowest BCUT2D eigenvalue weighted by Gasteiger charge is -2.15. The van der Waals surface area contributed by atoms with Crippen molar-refractivity contribution < 1.29 is 9.53 Å². The average Bonchev–Trinajstić information content (AvgIpc) is 2.55. The van der Waals surface area contributed by atoms with Gasteiger partial charge in [-0.25, -0.2) is 0 Å². The van der Waals surface area contributed by atoms with Crippen LogP contribution in [-0.4, -0.2) is 18.6 Å². The van der Waals surface area contributed by atoms with Crippen LogP contribution in [0.3, 0.4) is 0 Å². The van der Waals surface area contributed by atoms with Crippen LogP contribution in [0.25, 0.3) is 0 Å². The Hall–Kier alpha value is -2.29. The smallest absolute Gasteiger partial charge is 0.255 e. The van der Waals surface area contributed by atoms with Crippen molar-refractivity contribution in [1.82, 2.24) is 5.32 Å². The molecule has 2 rings (SSSR count). The summed E-state index contributed by atoms with van der Waals surface area (Å²) < 4.78 is 5.51. The van der Waals surface area contributed by atoms with Crippen LogP contribution in [0.15, 0.2) is 54.6 Å². The van der Waals surface area contributed by atoms with Crippen molar-refractivity contribution in [3.63, 3.8) is 0 Å². The summed E-state index contributed by atoms with van der Waals surface area (Å²) in [6.45, 7) is 4.50. The standard InChI is InChI=1S/C19H23NO2/c1-3-22-18-12-8-7-11-17(18)19(21)20-15(2)13-14-16-9-5-4-6-10-16/h4-12,15H,3,13-14H2,1-2H3,(H,20,21)/t15-/m1/s1. The highest BCUT2D eigenvalue weighted by Gasteiger charge is 2.14. The molecule has 0 aliphatic carbocycles. The zero-order valence-corrected chi connectivity index (χ0v) is 13.2. The lowest BCUT2D eigenvalue weighted by molar-refractivity contribution is 0.0934. The number of rotatable bonds is 7. The van der Waals surface area contributed by atoms with E-state index < -0.39 is 0 Å². The highest BCUT2D eigenvalue weighted by molar-refractivity contribution is 5.97. The van der Waals surface area contributed by atoms with Gasteiger partial charge in [-0.2, -0.15) is 0 Å². The molecule has 0 heterocycles. The quantitative estimate of drug-likeness (QED) is 0.843. The number of hydrogen-bond donors (Lipinski definition) is 1. The number of amides is 1. The van der Waals surface area contributed by atoms with Crippen molar-refractivity contribution in [1.29, 1.82) is 0 Å². The van der Waals surface area contributed by atoms with Crippen LogP contribution in [-0.2, 0) is 6.42 Å². The second-order valence-corrected chi connectivity index (χ2v) is 5.33. The minimum absolute atomic E-state index is 0.0791. The van der Waals surface area contributed by atoms with Crippen LogP contribution < -0.4 is 10.1 Å². The molecule has 0 saturated heterocycles. The van der Waals surface area contributed by atoms with E-state index in [0.29, 0.717) is 17.9 Å². The van der Waals surface area contributed by atoms with E-state index in [1.165, 1.54) is 5.56 Å². The first-order chi connectivity index (χ1) is 10.7. The highest BCUT2D eigenvalue weighted by Crippen LogP contribution is 2.18. The summed E-state index contributed by atoms with van der Waals surface area (Å²) in [6.07, 6.45) is 1.86. The maximum absolute atomic E-state index is 12.4. The van der Waals surface area contributed by atoms with Gasteiger partial charge in [-0.15, -0.1) is 0 Å². The van der Waals surface area contributed by atoms with Crippen LogP contribution in [0, 0.1) is 0 Å². The molecule has 1 atom stereocenters. The van der Waals surface area contributed by atoms with E-state index in [-0.39, 0.29) is 11.9 Å². The normalized spacial score (nSPS) is 11.7. The molecule has 0 spiro atoms. The van der Waals surface area contributed by atoms with E-state index in [9.17, 15) is 4.79 Å². The Morgan fingerprint density at radius 2 is 1.77 bits per heavy atom. The van der Waals surface area contributed by atoms with Gasteiger partial charge in [0, 0.05) is 6.04 Å². The van der Waals surface area contributed by atoms with Gasteiger partial charge < -0.3 is 10.1 Å². The average molecular weight is 297 g/mol. The lowest BCUT2D eigenvalue weighted by atomic mass is 10.1. The molecule has 0 saturated carbocycles. The predicted octanol–water partition coefficient (Wildman–Crippen LogP) is 3.84. The first-order valence-electron chi connectivity index (χ1n) is 7.77. The van der Waals surface area contributed by atoms with E-state index in [4.69, 9.17) is 4.74 Å². The van der Waals surface area contributed by atoms with Gasteiger partial charge in [-0.05, 0) is 44.4 Å². The Morgan fingerprint density at radius 1 is 1.09 bits per heavy atom. The van der Waals surface area contributed by atoms with Crippen LogP contribution in [0.4, 0.5) is 0 Å². The van der Waals surface area contributed by atoms with Gasteiger partial charge >= 0.3 is 0 Å². The molecule has 2 aromatic rings. The maximum atomic E-state index is 12.4. The van der Waals surface area contributed by atoms with Crippen molar-refractivity contribution in [3.8, 4) is 5.75 Å². The molecular formula is C19H23NO2. The van der Waals surface area contributed by atoms with Crippen molar-refractivity contribution in [3.05, 3.63) is 65.7 Å². The molecule has 0 bridgehead atoms. The third kappa shape index (κ3) is 4.62. The van der Waals surface area contributed by atoms with E-state index in [2.05, 4.69) is 17.4 Å². The summed E-state index contributed by atoms with van der Waals surface area (Å²) in [6, 6.07) is 17.8. The molecule has 0 radical (unpaired) electrons. The van der Waals surface area contributed by atoms with Crippen LogP contribution in [0.2, 0.25) is 0 Å². The molecule has 2 aromatic carbocycles. The second-order valence-electron chi connectivity index (χ2n) is 5.33. The third-order valence-electron chi connectivity index (χ3n) is 3.52. The molecular weight excluding hydrogens is 274 g/mol. The fourth-order valence-electron chi connectivity index (χ4n) is 2.34. The van der Waals surface area contributed by atoms with Crippen LogP contribution in [0.5, 0.6) is 5.75 Å². The number of hydrogen-bond acceptors (Lipinski definition) is 2. The third-order valence-corrected chi connectivity index (χ3v) is 3.52. The summed E-state index contributed by atoms with van der Waals surface area (Å²) in [5.74, 6) is 0.558. The number of nitrogens with one attached hydrogen (secondary N) is 1. The van der Waals surface area contributed by atoms with Crippen molar-refractivity contribution >= 4 is 5.91 Å². The first-order valence-corrected chi connectivity index (χ1v) is 7.77. The minimum atomic E-state index is -0.0791. The number of carbonyl (C=O) groups excluding carboxylic acids is 1. The van der Waals surface area contributed by atoms with Gasteiger partial charge in [0.2, 0.25) is 0 Å². The number of para-hydroxylation sites is 1. The summed E-state index contributed by atoms with van der Waals surface area (Å²) >= 11 is 0. The van der Waals surface area contributed by atoms with E-state index >= 15 is 0 Å². The Morgan fingerprint density at radius 3 is 2.50 bits per heavy atom. The van der Waals surface area contributed by atoms with Crippen LogP contribution >= 0.6 is 0 Å². The van der Waals surface area contributed by atoms with Gasteiger partial charge in [0.05, 0.1) is 12.2 Å². The first kappa shape index (κ1) is 16.1. The molecule has 0 fully saturated rings. The minimum Gasteiger partial charge on any atom is -0.493 e. The van der Waals surface area contributed by atoms with E-state index in [1.54, 1.807) is 6.07 Å². The molecule has 1 amide bonds. The molecule has 0 aromatic heterocycles. The Labute approximate surface area is 132 Å². The van der Waals surface area contributed by atoms with Gasteiger partial charge in [0.15, 0.2) is 0 Å². The number of carbonyl (C=O) groups is 1. The Bertz CT molecular complexity index is 595. The zero-order chi connectivity index (χ0) is 15.8. The molecule has 3 nitrogen and oxygen atoms in total. The molecule has 116 valence electrons. The fourth-order valence-corrected chi connectivity index (χ4v) is 2.34. The van der Waals surface area contributed by atoms with E-state index in [0.717, 1.165) is 12.8 Å². The molecule has 0 aliphatic rings. The van der Waals surface area contributed by atoms with Gasteiger partial charge in [-0.3, -0.25) is 4.79 Å². The van der Waals surface area contributed by atoms with E-state index in [1.807, 2.05) is 50.2 Å². The summed E-state index contributed by atoms with van der Waals surface area (Å²) in [5.41, 5.74) is 1.88. The van der Waals surface area contributed by atoms with Crippen molar-refractivity contribution in [2.75, 3.05) is 6.61 Å². The molecule has 0 unspecified atom stereocenters. The van der Waals surface area contributed by atoms with Crippen molar-refractivity contribution in [2.24, 2.45) is 0 Å². The number of aryl methyl sites for hydroxylation is 1. The molecule has 3 heteroatoms.